The van der Waals surface area contributed by atoms with Crippen LogP contribution in [0.25, 0.3) is 0 Å². The molecule has 1 saturated carbocycles. The Balaban J connectivity index is 1.87. The van der Waals surface area contributed by atoms with E-state index in [4.69, 9.17) is 4.74 Å². The summed E-state index contributed by atoms with van der Waals surface area (Å²) in [4.78, 5) is 12.4. The van der Waals surface area contributed by atoms with Gasteiger partial charge in [0.1, 0.15) is 10.6 Å². The van der Waals surface area contributed by atoms with Gasteiger partial charge in [-0.25, -0.2) is 8.42 Å². The molecule has 6 nitrogen and oxygen atoms in total. The summed E-state index contributed by atoms with van der Waals surface area (Å²) in [6.07, 6.45) is 2.22. The zero-order valence-electron chi connectivity index (χ0n) is 15.0. The molecule has 144 valence electrons. The number of anilines is 1. The highest BCUT2D eigenvalue weighted by Crippen LogP contribution is 2.33. The first-order chi connectivity index (χ1) is 12.8. The predicted molar refractivity (Wildman–Crippen MR) is 108 cm³/mol. The largest absolute Gasteiger partial charge is 0.495 e. The Kier molecular flexibility index (Phi) is 5.76. The summed E-state index contributed by atoms with van der Waals surface area (Å²) in [5.41, 5.74) is 0.692. The molecule has 2 aromatic carbocycles. The van der Waals surface area contributed by atoms with Gasteiger partial charge in [0, 0.05) is 21.8 Å². The summed E-state index contributed by atoms with van der Waals surface area (Å²) in [5, 5.41) is 2.93. The second-order valence-electron chi connectivity index (χ2n) is 6.58. The first-order valence-corrected chi connectivity index (χ1v) is 10.8. The molecule has 0 saturated heterocycles. The van der Waals surface area contributed by atoms with Gasteiger partial charge in [0.05, 0.1) is 7.11 Å². The number of benzene rings is 2. The number of nitrogens with one attached hydrogen (secondary N) is 2. The molecule has 0 aromatic heterocycles. The summed E-state index contributed by atoms with van der Waals surface area (Å²) in [7, 11) is -2.54. The van der Waals surface area contributed by atoms with Crippen LogP contribution in [-0.4, -0.2) is 27.5 Å². The average Bonchev–Trinajstić information content (AvgIpc) is 3.48. The molecule has 1 unspecified atom stereocenters. The fraction of sp³-hybridized carbons (Fsp3) is 0.316. The molecule has 2 aromatic rings. The van der Waals surface area contributed by atoms with Crippen LogP contribution in [0.1, 0.15) is 30.1 Å². The number of halogens is 1. The highest BCUT2D eigenvalue weighted by atomic mass is 79.9. The van der Waals surface area contributed by atoms with E-state index >= 15 is 0 Å². The van der Waals surface area contributed by atoms with Crippen molar-refractivity contribution < 1.29 is 17.9 Å². The third-order valence-corrected chi connectivity index (χ3v) is 6.43. The Hall–Kier alpha value is -2.06. The molecule has 0 spiro atoms. The number of carbonyl (C=O) groups excluding carboxylic acids is 1. The smallest absolute Gasteiger partial charge is 0.265 e. The van der Waals surface area contributed by atoms with Crippen LogP contribution in [0, 0.1) is 5.92 Å². The number of methoxy groups -OCH3 is 1. The van der Waals surface area contributed by atoms with Gasteiger partial charge in [-0.2, -0.15) is 0 Å². The van der Waals surface area contributed by atoms with Crippen LogP contribution >= 0.6 is 15.9 Å². The summed E-state index contributed by atoms with van der Waals surface area (Å²) >= 11 is 3.31. The van der Waals surface area contributed by atoms with E-state index in [0.29, 0.717) is 11.6 Å². The summed E-state index contributed by atoms with van der Waals surface area (Å²) in [6, 6.07) is 11.2. The molecule has 1 aliphatic rings. The fourth-order valence-electron chi connectivity index (χ4n) is 2.76. The number of hydrogen-bond acceptors (Lipinski definition) is 4. The van der Waals surface area contributed by atoms with E-state index < -0.39 is 10.0 Å². The SMILES string of the molecule is COc1ccc(C(=O)NC(C)C2CC2)cc1S(=O)(=O)Nc1ccc(Br)cc1. The van der Waals surface area contributed by atoms with Crippen LogP contribution in [0.4, 0.5) is 5.69 Å². The second-order valence-corrected chi connectivity index (χ2v) is 9.14. The summed E-state index contributed by atoms with van der Waals surface area (Å²) in [6.45, 7) is 1.96. The van der Waals surface area contributed by atoms with Crippen molar-refractivity contribution in [2.24, 2.45) is 5.92 Å². The van der Waals surface area contributed by atoms with E-state index in [2.05, 4.69) is 26.0 Å². The van der Waals surface area contributed by atoms with Crippen molar-refractivity contribution in [3.63, 3.8) is 0 Å². The van der Waals surface area contributed by atoms with Gasteiger partial charge in [0.25, 0.3) is 15.9 Å². The van der Waals surface area contributed by atoms with Crippen molar-refractivity contribution in [3.8, 4) is 5.75 Å². The highest BCUT2D eigenvalue weighted by Gasteiger charge is 2.29. The summed E-state index contributed by atoms with van der Waals surface area (Å²) in [5.74, 6) is 0.387. The van der Waals surface area contributed by atoms with Gasteiger partial charge in [0.15, 0.2) is 0 Å². The van der Waals surface area contributed by atoms with Gasteiger partial charge in [0.2, 0.25) is 0 Å². The van der Waals surface area contributed by atoms with E-state index in [-0.39, 0.29) is 28.2 Å². The van der Waals surface area contributed by atoms with E-state index in [1.54, 1.807) is 30.3 Å². The quantitative estimate of drug-likeness (QED) is 0.668. The topological polar surface area (TPSA) is 84.5 Å². The van der Waals surface area contributed by atoms with Gasteiger partial charge >= 0.3 is 0 Å². The normalized spacial score (nSPS) is 15.1. The van der Waals surface area contributed by atoms with E-state index in [1.807, 2.05) is 6.92 Å². The van der Waals surface area contributed by atoms with Gasteiger partial charge in [-0.05, 0) is 68.1 Å². The van der Waals surface area contributed by atoms with Crippen LogP contribution in [0.2, 0.25) is 0 Å². The lowest BCUT2D eigenvalue weighted by molar-refractivity contribution is 0.0935. The van der Waals surface area contributed by atoms with Crippen LogP contribution in [0.5, 0.6) is 5.75 Å². The van der Waals surface area contributed by atoms with Crippen LogP contribution in [0.15, 0.2) is 51.8 Å². The van der Waals surface area contributed by atoms with Crippen LogP contribution in [-0.2, 0) is 10.0 Å². The number of ether oxygens (including phenoxy) is 1. The van der Waals surface area contributed by atoms with E-state index in [0.717, 1.165) is 17.3 Å². The third kappa shape index (κ3) is 4.81. The zero-order chi connectivity index (χ0) is 19.6. The lowest BCUT2D eigenvalue weighted by Crippen LogP contribution is -2.34. The number of carbonyl (C=O) groups is 1. The maximum Gasteiger partial charge on any atom is 0.265 e. The van der Waals surface area contributed by atoms with Gasteiger partial charge in [-0.1, -0.05) is 15.9 Å². The molecule has 3 rings (SSSR count). The minimum Gasteiger partial charge on any atom is -0.495 e. The number of rotatable bonds is 7. The molecule has 2 N–H and O–H groups in total. The lowest BCUT2D eigenvalue weighted by atomic mass is 10.1. The van der Waals surface area contributed by atoms with Gasteiger partial charge in [-0.15, -0.1) is 0 Å². The van der Waals surface area contributed by atoms with Crippen LogP contribution < -0.4 is 14.8 Å². The first-order valence-electron chi connectivity index (χ1n) is 8.57. The molecular weight excluding hydrogens is 432 g/mol. The first kappa shape index (κ1) is 19.7. The van der Waals surface area contributed by atoms with E-state index in [1.165, 1.54) is 19.2 Å². The monoisotopic (exact) mass is 452 g/mol. The molecule has 8 heteroatoms. The molecule has 1 aliphatic carbocycles. The van der Waals surface area contributed by atoms with E-state index in [9.17, 15) is 13.2 Å². The van der Waals surface area contributed by atoms with Crippen molar-refractivity contribution >= 4 is 37.5 Å². The average molecular weight is 453 g/mol. The minimum absolute atomic E-state index is 0.0700. The molecule has 1 fully saturated rings. The standard InChI is InChI=1S/C19H21BrN2O4S/c1-12(13-3-4-13)21-19(23)14-5-10-17(26-2)18(11-14)27(24,25)22-16-8-6-15(20)7-9-16/h5-13,22H,3-4H2,1-2H3,(H,21,23). The lowest BCUT2D eigenvalue weighted by Gasteiger charge is -2.15. The molecule has 1 amide bonds. The molecule has 27 heavy (non-hydrogen) atoms. The Morgan fingerprint density at radius 3 is 2.44 bits per heavy atom. The predicted octanol–water partition coefficient (Wildman–Crippen LogP) is 3.79. The number of amides is 1. The maximum atomic E-state index is 12.8. The van der Waals surface area contributed by atoms with Crippen molar-refractivity contribution in [1.29, 1.82) is 0 Å². The highest BCUT2D eigenvalue weighted by molar-refractivity contribution is 9.10. The Bertz CT molecular complexity index is 941. The Labute approximate surface area is 167 Å². The maximum absolute atomic E-state index is 12.8. The Morgan fingerprint density at radius 2 is 1.85 bits per heavy atom. The van der Waals surface area contributed by atoms with Crippen molar-refractivity contribution in [2.45, 2.75) is 30.7 Å². The van der Waals surface area contributed by atoms with Crippen molar-refractivity contribution in [2.75, 3.05) is 11.8 Å². The Morgan fingerprint density at radius 1 is 1.19 bits per heavy atom. The summed E-state index contributed by atoms with van der Waals surface area (Å²) < 4.78 is 34.2. The number of hydrogen-bond donors (Lipinski definition) is 2. The van der Waals surface area contributed by atoms with Crippen molar-refractivity contribution in [1.82, 2.24) is 5.32 Å². The molecule has 1 atom stereocenters. The van der Waals surface area contributed by atoms with Gasteiger partial charge in [-0.3, -0.25) is 9.52 Å². The molecular formula is C19H21BrN2O4S. The van der Waals surface area contributed by atoms with Crippen LogP contribution in [0.3, 0.4) is 0 Å². The van der Waals surface area contributed by atoms with Gasteiger partial charge < -0.3 is 10.1 Å². The second kappa shape index (κ2) is 7.90. The molecule has 0 aliphatic heterocycles. The number of sulfonamides is 1. The zero-order valence-corrected chi connectivity index (χ0v) is 17.4. The molecule has 0 radical (unpaired) electrons. The van der Waals surface area contributed by atoms with Crippen molar-refractivity contribution in [3.05, 3.63) is 52.5 Å². The third-order valence-electron chi connectivity index (χ3n) is 4.50. The fourth-order valence-corrected chi connectivity index (χ4v) is 4.28. The molecule has 0 bridgehead atoms. The molecule has 0 heterocycles. The minimum atomic E-state index is -3.93.